The van der Waals surface area contributed by atoms with Crippen LogP contribution in [0.1, 0.15) is 16.9 Å². The van der Waals surface area contributed by atoms with Crippen molar-refractivity contribution in [1.82, 2.24) is 15.5 Å². The predicted molar refractivity (Wildman–Crippen MR) is 77.6 cm³/mol. The number of rotatable bonds is 2. The van der Waals surface area contributed by atoms with Crippen LogP contribution < -0.4 is 5.32 Å². The van der Waals surface area contributed by atoms with Gasteiger partial charge in [0.25, 0.3) is 5.89 Å². The molecule has 0 spiro atoms. The van der Waals surface area contributed by atoms with E-state index in [1.54, 1.807) is 6.26 Å². The van der Waals surface area contributed by atoms with E-state index in [2.05, 4.69) is 21.5 Å². The lowest BCUT2D eigenvalue weighted by Gasteiger charge is -2.18. The molecule has 1 aromatic carbocycles. The van der Waals surface area contributed by atoms with Gasteiger partial charge in [0.1, 0.15) is 5.76 Å². The molecule has 1 aliphatic rings. The van der Waals surface area contributed by atoms with Crippen molar-refractivity contribution >= 4 is 0 Å². The number of hydrogen-bond donors (Lipinski definition) is 1. The third-order valence-corrected chi connectivity index (χ3v) is 3.90. The van der Waals surface area contributed by atoms with Gasteiger partial charge in [0, 0.05) is 12.1 Å². The first kappa shape index (κ1) is 12.3. The van der Waals surface area contributed by atoms with Gasteiger partial charge in [-0.15, -0.1) is 0 Å². The average Bonchev–Trinajstić information content (AvgIpc) is 3.15. The fourth-order valence-corrected chi connectivity index (χ4v) is 2.79. The van der Waals surface area contributed by atoms with Gasteiger partial charge in [-0.3, -0.25) is 0 Å². The molecular formula is C16H15N3O2. The number of benzene rings is 1. The van der Waals surface area contributed by atoms with Crippen LogP contribution in [-0.4, -0.2) is 16.7 Å². The number of nitrogens with one attached hydrogen (secondary N) is 1. The molecular weight excluding hydrogens is 266 g/mol. The third-order valence-electron chi connectivity index (χ3n) is 3.90. The van der Waals surface area contributed by atoms with Gasteiger partial charge in [0.2, 0.25) is 5.82 Å². The number of nitrogens with zero attached hydrogens (tertiary/aromatic N) is 2. The van der Waals surface area contributed by atoms with Crippen molar-refractivity contribution in [1.29, 1.82) is 0 Å². The van der Waals surface area contributed by atoms with Crippen LogP contribution in [0.15, 0.2) is 39.5 Å². The van der Waals surface area contributed by atoms with E-state index in [0.717, 1.165) is 36.4 Å². The molecule has 0 fully saturated rings. The zero-order chi connectivity index (χ0) is 14.2. The van der Waals surface area contributed by atoms with Crippen molar-refractivity contribution in [3.63, 3.8) is 0 Å². The molecule has 5 nitrogen and oxygen atoms in total. The molecule has 0 radical (unpaired) electrons. The predicted octanol–water partition coefficient (Wildman–Crippen LogP) is 2.95. The van der Waals surface area contributed by atoms with E-state index < -0.39 is 0 Å². The summed E-state index contributed by atoms with van der Waals surface area (Å²) in [6, 6.07) is 8.08. The second kappa shape index (κ2) is 4.86. The summed E-state index contributed by atoms with van der Waals surface area (Å²) in [6.07, 6.45) is 2.62. The van der Waals surface area contributed by atoms with Gasteiger partial charge >= 0.3 is 0 Å². The molecule has 0 saturated carbocycles. The second-order valence-corrected chi connectivity index (χ2v) is 5.18. The molecule has 3 aromatic rings. The third kappa shape index (κ3) is 2.06. The maximum absolute atomic E-state index is 5.47. The zero-order valence-corrected chi connectivity index (χ0v) is 11.7. The van der Waals surface area contributed by atoms with E-state index in [1.165, 1.54) is 11.1 Å². The van der Waals surface area contributed by atoms with Gasteiger partial charge in [0.05, 0.1) is 11.8 Å². The molecule has 0 bridgehead atoms. The summed E-state index contributed by atoms with van der Waals surface area (Å²) in [5.41, 5.74) is 4.51. The minimum atomic E-state index is 0.572. The van der Waals surface area contributed by atoms with Gasteiger partial charge in [-0.05, 0) is 43.1 Å². The fraction of sp³-hybridized carbons (Fsp3) is 0.250. The quantitative estimate of drug-likeness (QED) is 0.782. The number of furan rings is 1. The van der Waals surface area contributed by atoms with Crippen LogP contribution in [0.5, 0.6) is 0 Å². The summed E-state index contributed by atoms with van der Waals surface area (Å²) in [5, 5.41) is 7.46. The van der Waals surface area contributed by atoms with E-state index in [-0.39, 0.29) is 0 Å². The van der Waals surface area contributed by atoms with Crippen LogP contribution in [0.3, 0.4) is 0 Å². The Balaban J connectivity index is 1.78. The Hall–Kier alpha value is -2.40. The molecule has 1 aliphatic heterocycles. The Labute approximate surface area is 122 Å². The Morgan fingerprint density at radius 2 is 2.14 bits per heavy atom. The topological polar surface area (TPSA) is 64.1 Å². The van der Waals surface area contributed by atoms with Crippen LogP contribution in [0, 0.1) is 6.92 Å². The number of hydrogen-bond acceptors (Lipinski definition) is 5. The average molecular weight is 281 g/mol. The first-order valence-corrected chi connectivity index (χ1v) is 7.03. The molecule has 0 unspecified atom stereocenters. The Morgan fingerprint density at radius 1 is 1.19 bits per heavy atom. The highest BCUT2D eigenvalue weighted by Gasteiger charge is 2.19. The molecule has 0 atom stereocenters. The van der Waals surface area contributed by atoms with E-state index in [9.17, 15) is 0 Å². The Morgan fingerprint density at radius 3 is 3.00 bits per heavy atom. The summed E-state index contributed by atoms with van der Waals surface area (Å²) >= 11 is 0. The fourth-order valence-electron chi connectivity index (χ4n) is 2.79. The highest BCUT2D eigenvalue weighted by molar-refractivity contribution is 5.65. The lowest BCUT2D eigenvalue weighted by Crippen LogP contribution is -2.24. The van der Waals surface area contributed by atoms with Crippen LogP contribution in [0.4, 0.5) is 0 Å². The summed E-state index contributed by atoms with van der Waals surface area (Å²) < 4.78 is 10.8. The summed E-state index contributed by atoms with van der Waals surface area (Å²) in [4.78, 5) is 4.53. The van der Waals surface area contributed by atoms with E-state index in [4.69, 9.17) is 8.94 Å². The highest BCUT2D eigenvalue weighted by Crippen LogP contribution is 2.29. The van der Waals surface area contributed by atoms with Crippen LogP contribution in [0.2, 0.25) is 0 Å². The monoisotopic (exact) mass is 281 g/mol. The zero-order valence-electron chi connectivity index (χ0n) is 11.7. The summed E-state index contributed by atoms with van der Waals surface area (Å²) in [6.45, 7) is 3.76. The lowest BCUT2D eigenvalue weighted by atomic mass is 9.95. The minimum Gasteiger partial charge on any atom is -0.469 e. The van der Waals surface area contributed by atoms with Crippen molar-refractivity contribution in [3.8, 4) is 22.8 Å². The van der Waals surface area contributed by atoms with E-state index >= 15 is 0 Å². The van der Waals surface area contributed by atoms with Crippen molar-refractivity contribution < 1.29 is 8.94 Å². The van der Waals surface area contributed by atoms with E-state index in [1.807, 2.05) is 25.1 Å². The van der Waals surface area contributed by atoms with Gasteiger partial charge < -0.3 is 14.3 Å². The van der Waals surface area contributed by atoms with Crippen molar-refractivity contribution in [3.05, 3.63) is 47.4 Å². The maximum atomic E-state index is 5.47. The Bertz CT molecular complexity index is 788. The number of aryl methyl sites for hydroxylation is 1. The van der Waals surface area contributed by atoms with Crippen LogP contribution in [0.25, 0.3) is 22.8 Å². The van der Waals surface area contributed by atoms with Gasteiger partial charge in [-0.1, -0.05) is 17.3 Å². The number of aromatic nitrogens is 2. The minimum absolute atomic E-state index is 0.572. The molecule has 1 N–H and O–H groups in total. The first-order valence-electron chi connectivity index (χ1n) is 7.03. The van der Waals surface area contributed by atoms with Crippen molar-refractivity contribution in [2.75, 3.05) is 6.54 Å². The molecule has 0 aliphatic carbocycles. The van der Waals surface area contributed by atoms with Gasteiger partial charge in [-0.2, -0.15) is 4.98 Å². The standard InChI is InChI=1S/C16H15N3O2/c1-10-12(6-8-20-10)15-18-16(21-19-15)14-4-2-3-11-9-17-7-5-13(11)14/h2-4,6,8,17H,5,7,9H2,1H3. The van der Waals surface area contributed by atoms with Crippen molar-refractivity contribution in [2.24, 2.45) is 0 Å². The molecule has 5 heteroatoms. The summed E-state index contributed by atoms with van der Waals surface area (Å²) in [5.74, 6) is 1.94. The molecule has 2 aromatic heterocycles. The lowest BCUT2D eigenvalue weighted by molar-refractivity contribution is 0.431. The Kier molecular flexibility index (Phi) is 2.86. The molecule has 4 rings (SSSR count). The maximum Gasteiger partial charge on any atom is 0.258 e. The van der Waals surface area contributed by atoms with Gasteiger partial charge in [-0.25, -0.2) is 0 Å². The highest BCUT2D eigenvalue weighted by atomic mass is 16.5. The molecule has 21 heavy (non-hydrogen) atoms. The first-order chi connectivity index (χ1) is 10.3. The molecule has 3 heterocycles. The SMILES string of the molecule is Cc1occc1-c1noc(-c2cccc3c2CCNC3)n1. The molecule has 106 valence electrons. The smallest absolute Gasteiger partial charge is 0.258 e. The molecule has 0 amide bonds. The number of fused-ring (bicyclic) bond motifs is 1. The normalized spacial score (nSPS) is 14.1. The summed E-state index contributed by atoms with van der Waals surface area (Å²) in [7, 11) is 0. The van der Waals surface area contributed by atoms with E-state index in [0.29, 0.717) is 11.7 Å². The van der Waals surface area contributed by atoms with Crippen molar-refractivity contribution in [2.45, 2.75) is 19.9 Å². The molecule has 0 saturated heterocycles. The van der Waals surface area contributed by atoms with Gasteiger partial charge in [0.15, 0.2) is 0 Å². The largest absolute Gasteiger partial charge is 0.469 e. The van der Waals surface area contributed by atoms with Crippen LogP contribution >= 0.6 is 0 Å². The second-order valence-electron chi connectivity index (χ2n) is 5.18. The van der Waals surface area contributed by atoms with Crippen LogP contribution in [-0.2, 0) is 13.0 Å².